The van der Waals surface area contributed by atoms with E-state index in [9.17, 15) is 38.4 Å². The van der Waals surface area contributed by atoms with E-state index in [0.29, 0.717) is 138 Å². The molecule has 2 unspecified atom stereocenters. The van der Waals surface area contributed by atoms with Crippen molar-refractivity contribution < 1.29 is 128 Å². The van der Waals surface area contributed by atoms with Crippen molar-refractivity contribution in [2.24, 2.45) is 5.73 Å². The molecule has 0 saturated heterocycles. The quantitative estimate of drug-likeness (QED) is 0.0247. The molecule has 7 N–H and O–H groups in total. The van der Waals surface area contributed by atoms with Crippen LogP contribution in [-0.4, -0.2) is 365 Å². The maximum atomic E-state index is 15.3. The summed E-state index contributed by atoms with van der Waals surface area (Å²) in [5.74, 6) is -4.58. The summed E-state index contributed by atoms with van der Waals surface area (Å²) < 4.78 is 98.7. The van der Waals surface area contributed by atoms with E-state index in [-0.39, 0.29) is 174 Å². The molecule has 7 amide bonds. The van der Waals surface area contributed by atoms with Crippen LogP contribution in [-0.2, 0) is 128 Å². The van der Waals surface area contributed by atoms with Crippen LogP contribution >= 0.6 is 11.8 Å². The van der Waals surface area contributed by atoms with E-state index < -0.39 is 79.2 Å². The average Bonchev–Trinajstić information content (AvgIpc) is 0.857. The van der Waals surface area contributed by atoms with Crippen molar-refractivity contribution in [2.45, 2.75) is 250 Å². The highest BCUT2D eigenvalue weighted by atomic mass is 32.2. The maximum absolute atomic E-state index is 15.3. The van der Waals surface area contributed by atoms with Gasteiger partial charge in [0.2, 0.25) is 41.4 Å². The highest BCUT2D eigenvalue weighted by molar-refractivity contribution is 7.99. The molecule has 0 aliphatic heterocycles. The van der Waals surface area contributed by atoms with Crippen LogP contribution in [0.25, 0.3) is 0 Å². The van der Waals surface area contributed by atoms with Crippen molar-refractivity contribution in [3.8, 4) is 0 Å². The zero-order chi connectivity index (χ0) is 92.7. The van der Waals surface area contributed by atoms with Gasteiger partial charge in [-0.2, -0.15) is 11.8 Å². The number of amides is 7. The average molecular weight is 1840 g/mol. The van der Waals surface area contributed by atoms with Crippen LogP contribution in [0.2, 0.25) is 0 Å². The molecule has 0 aliphatic rings. The summed E-state index contributed by atoms with van der Waals surface area (Å²) in [6.07, 6.45) is 29.5. The van der Waals surface area contributed by atoms with Gasteiger partial charge in [-0.3, -0.25) is 43.2 Å². The second-order valence-corrected chi connectivity index (χ2v) is 32.1. The maximum Gasteiger partial charge on any atom is 0.306 e. The zero-order valence-corrected chi connectivity index (χ0v) is 80.1. The van der Waals surface area contributed by atoms with Gasteiger partial charge in [0.25, 0.3) is 0 Å². The first-order valence-electron chi connectivity index (χ1n) is 47.7. The van der Waals surface area contributed by atoms with E-state index in [0.717, 1.165) is 44.9 Å². The molecule has 0 heterocycles. The second kappa shape index (κ2) is 96.9. The molecule has 127 heavy (non-hydrogen) atoms. The number of nitrogens with two attached hydrogens (primary N) is 1. The molecule has 0 rings (SSSR count). The lowest BCUT2D eigenvalue weighted by atomic mass is 10.0. The van der Waals surface area contributed by atoms with Crippen molar-refractivity contribution >= 4 is 65.1 Å². The Bertz CT molecular complexity index is 2560. The van der Waals surface area contributed by atoms with Crippen LogP contribution in [0.5, 0.6) is 0 Å². The molecule has 0 aromatic rings. The number of hydrogen-bond acceptors (Lipinski definition) is 29. The SMILES string of the molecule is CCCCCCCCCCCCCCCC(=O)OCC(CSC[C@H](N)C(=O)NC(CCC(=O)N(CCOCCOCCOCCOC)CC(=O)NCCCC(=O)NCCOCCOCCOCCOC)C(=O)N(CCOCCOCCOCCOC)CC(=O)NCCCC(=O)NCCOCCOCCOCCOC)OC(=O)CCCCCCCCCCCCCCC. The first-order chi connectivity index (χ1) is 62.1. The van der Waals surface area contributed by atoms with Crippen LogP contribution in [0.4, 0.5) is 0 Å². The summed E-state index contributed by atoms with van der Waals surface area (Å²) in [6.45, 7) is 12.6. The summed E-state index contributed by atoms with van der Waals surface area (Å²) in [5.41, 5.74) is 6.70. The fourth-order valence-corrected chi connectivity index (χ4v) is 13.5. The Kier molecular flexibility index (Phi) is 93.0. The fourth-order valence-electron chi connectivity index (χ4n) is 12.5. The Labute approximate surface area is 766 Å². The standard InChI is InChI=1S/C91H174N8O27S/c1-7-9-11-13-15-17-19-21-23-25-27-29-31-37-88(105)125-77-80(126-89(106)38-32-30-28-26-24-22-20-18-16-14-12-10-8-2)78-127-79-81(92)90(107)97-82(91(108)99(46-50-116-62-66-124-74-70-120-58-54-112-6)76-86(103)94-42-34-36-84(101)96-44-48-114-60-64-122-72-68-118-56-52-110-4)39-40-87(104)98(45-49-115-61-65-123-73-69-119-57-53-111-5)75-85(102)93-41-33-35-83(100)95-43-47-113-59-63-121-71-67-117-55-51-109-3/h80-82H,7-79,92H2,1-6H3,(H,93,102)(H,94,103)(H,95,100)(H,96,101)(H,97,107)/t80?,81-,82?/m0/s1. The van der Waals surface area contributed by atoms with Crippen LogP contribution in [0.1, 0.15) is 232 Å². The van der Waals surface area contributed by atoms with Crippen molar-refractivity contribution in [3.63, 3.8) is 0 Å². The van der Waals surface area contributed by atoms with E-state index in [1.807, 2.05) is 0 Å². The predicted molar refractivity (Wildman–Crippen MR) is 489 cm³/mol. The molecule has 0 aromatic carbocycles. The highest BCUT2D eigenvalue weighted by Crippen LogP contribution is 2.18. The molecule has 35 nitrogen and oxygen atoms in total. The highest BCUT2D eigenvalue weighted by Gasteiger charge is 2.31. The number of nitrogens with zero attached hydrogens (tertiary/aromatic N) is 2. The molecule has 746 valence electrons. The molecule has 0 radical (unpaired) electrons. The lowest BCUT2D eigenvalue weighted by Crippen LogP contribution is -2.55. The summed E-state index contributed by atoms with van der Waals surface area (Å²) in [4.78, 5) is 127. The third kappa shape index (κ3) is 86.1. The Morgan fingerprint density at radius 3 is 0.984 bits per heavy atom. The summed E-state index contributed by atoms with van der Waals surface area (Å²) in [6, 6.07) is -2.80. The number of carbonyl (C=O) groups excluding carboxylic acids is 9. The largest absolute Gasteiger partial charge is 0.462 e. The Morgan fingerprint density at radius 1 is 0.315 bits per heavy atom. The minimum atomic E-state index is -1.50. The van der Waals surface area contributed by atoms with Gasteiger partial charge in [-0.25, -0.2) is 0 Å². The number of methoxy groups -OCH3 is 4. The topological polar surface area (TPSA) is 412 Å². The van der Waals surface area contributed by atoms with Gasteiger partial charge in [-0.05, 0) is 32.1 Å². The van der Waals surface area contributed by atoms with Crippen molar-refractivity contribution in [2.75, 3.05) is 284 Å². The van der Waals surface area contributed by atoms with Gasteiger partial charge in [-0.1, -0.05) is 168 Å². The minimum absolute atomic E-state index is 0.0268. The number of esters is 2. The van der Waals surface area contributed by atoms with Crippen LogP contribution in [0.15, 0.2) is 0 Å². The van der Waals surface area contributed by atoms with E-state index in [2.05, 4.69) is 40.4 Å². The van der Waals surface area contributed by atoms with E-state index in [1.165, 1.54) is 131 Å². The van der Waals surface area contributed by atoms with Gasteiger partial charge in [0.05, 0.1) is 204 Å². The van der Waals surface area contributed by atoms with Gasteiger partial charge in [0.1, 0.15) is 18.8 Å². The normalized spacial score (nSPS) is 12.1. The smallest absolute Gasteiger partial charge is 0.306 e. The monoisotopic (exact) mass is 1840 g/mol. The molecule has 3 atom stereocenters. The summed E-state index contributed by atoms with van der Waals surface area (Å²) >= 11 is 1.19. The van der Waals surface area contributed by atoms with Crippen LogP contribution < -0.4 is 32.3 Å². The van der Waals surface area contributed by atoms with Crippen molar-refractivity contribution in [1.82, 2.24) is 36.4 Å². The van der Waals surface area contributed by atoms with E-state index in [1.54, 1.807) is 28.4 Å². The zero-order valence-electron chi connectivity index (χ0n) is 79.3. The molecule has 0 saturated carbocycles. The van der Waals surface area contributed by atoms with Gasteiger partial charge < -0.3 is 127 Å². The fraction of sp³-hybridized carbons (Fsp3) is 0.901. The van der Waals surface area contributed by atoms with Gasteiger partial charge >= 0.3 is 11.9 Å². The molecule has 36 heteroatoms. The molecular formula is C91H174N8O27S. The Morgan fingerprint density at radius 2 is 0.622 bits per heavy atom. The predicted octanol–water partition coefficient (Wildman–Crippen LogP) is 8.20. The third-order valence-corrected chi connectivity index (χ3v) is 21.1. The van der Waals surface area contributed by atoms with E-state index in [4.69, 9.17) is 91.0 Å². The number of rotatable bonds is 101. The second-order valence-electron chi connectivity index (χ2n) is 31.0. The molecule has 0 aromatic heterocycles. The molecular weight excluding hydrogens is 1670 g/mol. The molecule has 0 spiro atoms. The summed E-state index contributed by atoms with van der Waals surface area (Å²) in [7, 11) is 6.36. The van der Waals surface area contributed by atoms with Gasteiger partial charge in [0.15, 0.2) is 0 Å². The Balaban J connectivity index is 6.88. The Hall–Kier alpha value is -5.10. The number of unbranched alkanes of at least 4 members (excludes halogenated alkanes) is 24. The summed E-state index contributed by atoms with van der Waals surface area (Å²) in [5, 5.41) is 14.0. The van der Waals surface area contributed by atoms with Crippen molar-refractivity contribution in [3.05, 3.63) is 0 Å². The van der Waals surface area contributed by atoms with Gasteiger partial charge in [-0.15, -0.1) is 0 Å². The molecule has 0 bridgehead atoms. The van der Waals surface area contributed by atoms with Crippen molar-refractivity contribution in [1.29, 1.82) is 0 Å². The first-order valence-corrected chi connectivity index (χ1v) is 48.8. The lowest BCUT2D eigenvalue weighted by molar-refractivity contribution is -0.157. The molecule has 0 fully saturated rings. The number of thioether (sulfide) groups is 1. The van der Waals surface area contributed by atoms with E-state index >= 15 is 4.79 Å². The molecule has 0 aliphatic carbocycles. The number of nitrogens with one attached hydrogen (secondary N) is 5. The van der Waals surface area contributed by atoms with Gasteiger partial charge in [0, 0.05) is 111 Å². The first kappa shape index (κ1) is 122. The number of hydrogen-bond donors (Lipinski definition) is 6. The lowest BCUT2D eigenvalue weighted by Gasteiger charge is -2.29. The minimum Gasteiger partial charge on any atom is -0.462 e. The third-order valence-electron chi connectivity index (χ3n) is 19.9. The van der Waals surface area contributed by atoms with Crippen LogP contribution in [0, 0.1) is 0 Å². The van der Waals surface area contributed by atoms with Crippen LogP contribution in [0.3, 0.4) is 0 Å². The number of ether oxygens (including phenoxy) is 18. The number of carbonyl (C=O) groups is 9.